The van der Waals surface area contributed by atoms with Gasteiger partial charge < -0.3 is 9.31 Å². The third-order valence-corrected chi connectivity index (χ3v) is 6.17. The molecule has 1 aromatic heterocycles. The maximum atomic E-state index is 13.7. The molecule has 5 nitrogen and oxygen atoms in total. The lowest BCUT2D eigenvalue weighted by Crippen LogP contribution is -2.41. The molecule has 8 heteroatoms. The second-order valence-corrected chi connectivity index (χ2v) is 8.67. The summed E-state index contributed by atoms with van der Waals surface area (Å²) in [5.74, 6) is -1.88. The molecule has 2 heterocycles. The zero-order valence-corrected chi connectivity index (χ0v) is 17.6. The Labute approximate surface area is 173 Å². The van der Waals surface area contributed by atoms with Crippen molar-refractivity contribution < 1.29 is 18.1 Å². The smallest absolute Gasteiger partial charge is 0.399 e. The van der Waals surface area contributed by atoms with Gasteiger partial charge in [0.05, 0.1) is 22.8 Å². The van der Waals surface area contributed by atoms with Crippen molar-refractivity contribution in [2.24, 2.45) is 0 Å². The third kappa shape index (κ3) is 3.34. The minimum Gasteiger partial charge on any atom is -0.399 e. The molecule has 30 heavy (non-hydrogen) atoms. The van der Waals surface area contributed by atoms with Crippen molar-refractivity contribution in [2.75, 3.05) is 0 Å². The number of hydrogen-bond donors (Lipinski definition) is 0. The molecule has 0 amide bonds. The summed E-state index contributed by atoms with van der Waals surface area (Å²) in [6, 6.07) is 8.61. The van der Waals surface area contributed by atoms with Gasteiger partial charge in [0.25, 0.3) is 0 Å². The molecule has 0 spiro atoms. The summed E-state index contributed by atoms with van der Waals surface area (Å²) in [5, 5.41) is 0.719. The Kier molecular flexibility index (Phi) is 4.82. The van der Waals surface area contributed by atoms with E-state index in [0.717, 1.165) is 23.0 Å². The first-order valence-electron chi connectivity index (χ1n) is 9.82. The van der Waals surface area contributed by atoms with E-state index in [2.05, 4.69) is 4.98 Å². The van der Waals surface area contributed by atoms with E-state index in [1.807, 2.05) is 39.8 Å². The van der Waals surface area contributed by atoms with Crippen LogP contribution in [0.3, 0.4) is 0 Å². The minimum absolute atomic E-state index is 0.467. The molecule has 1 aliphatic rings. The predicted octanol–water partition coefficient (Wildman–Crippen LogP) is 3.58. The van der Waals surface area contributed by atoms with Crippen molar-refractivity contribution in [2.45, 2.75) is 51.9 Å². The molecule has 0 bridgehead atoms. The minimum atomic E-state index is -0.955. The Hall–Kier alpha value is -2.58. The van der Waals surface area contributed by atoms with Gasteiger partial charge in [0.1, 0.15) is 0 Å². The molecule has 1 fully saturated rings. The maximum absolute atomic E-state index is 13.7. The summed E-state index contributed by atoms with van der Waals surface area (Å²) in [7, 11) is -0.539. The van der Waals surface area contributed by atoms with Crippen molar-refractivity contribution in [3.8, 4) is 0 Å². The van der Waals surface area contributed by atoms with E-state index in [0.29, 0.717) is 11.1 Å². The van der Waals surface area contributed by atoms with Crippen LogP contribution < -0.4 is 11.2 Å². The van der Waals surface area contributed by atoms with Crippen LogP contribution in [0.25, 0.3) is 10.9 Å². The van der Waals surface area contributed by atoms with Crippen LogP contribution in [0, 0.1) is 11.6 Å². The van der Waals surface area contributed by atoms with E-state index in [4.69, 9.17) is 9.31 Å². The van der Waals surface area contributed by atoms with Gasteiger partial charge in [-0.1, -0.05) is 18.2 Å². The Balaban J connectivity index is 1.77. The average molecular weight is 412 g/mol. The van der Waals surface area contributed by atoms with Crippen LogP contribution in [0.4, 0.5) is 8.78 Å². The fourth-order valence-corrected chi connectivity index (χ4v) is 3.61. The van der Waals surface area contributed by atoms with Gasteiger partial charge in [-0.2, -0.15) is 0 Å². The molecule has 3 aromatic rings. The van der Waals surface area contributed by atoms with Crippen LogP contribution >= 0.6 is 0 Å². The van der Waals surface area contributed by atoms with Gasteiger partial charge in [-0.3, -0.25) is 4.57 Å². The fraction of sp³-hybridized carbons (Fsp3) is 0.364. The topological polar surface area (TPSA) is 53.4 Å². The first kappa shape index (κ1) is 20.7. The highest BCUT2D eigenvalue weighted by molar-refractivity contribution is 6.62. The SMILES string of the molecule is C[C@H](c1ccc(F)c(F)c1)n1c(=O)ncc2cc(B3OC(C)(C)C(C)(C)O3)ccc21. The molecule has 1 atom stereocenters. The monoisotopic (exact) mass is 412 g/mol. The number of benzene rings is 2. The van der Waals surface area contributed by atoms with E-state index < -0.39 is 41.7 Å². The van der Waals surface area contributed by atoms with Crippen LogP contribution in [-0.4, -0.2) is 27.9 Å². The Morgan fingerprint density at radius 3 is 2.30 bits per heavy atom. The summed E-state index contributed by atoms with van der Waals surface area (Å²) in [6.07, 6.45) is 1.50. The summed E-state index contributed by atoms with van der Waals surface area (Å²) >= 11 is 0. The van der Waals surface area contributed by atoms with Gasteiger partial charge in [0.2, 0.25) is 0 Å². The van der Waals surface area contributed by atoms with Gasteiger partial charge in [-0.15, -0.1) is 0 Å². The summed E-state index contributed by atoms with van der Waals surface area (Å²) < 4.78 is 40.7. The number of hydrogen-bond acceptors (Lipinski definition) is 4. The molecule has 0 radical (unpaired) electrons. The van der Waals surface area contributed by atoms with Gasteiger partial charge in [0.15, 0.2) is 11.6 Å². The molecule has 4 rings (SSSR count). The van der Waals surface area contributed by atoms with Crippen LogP contribution in [0.15, 0.2) is 47.4 Å². The quantitative estimate of drug-likeness (QED) is 0.618. The lowest BCUT2D eigenvalue weighted by Gasteiger charge is -2.32. The molecular weight excluding hydrogens is 389 g/mol. The van der Waals surface area contributed by atoms with Crippen molar-refractivity contribution in [3.05, 3.63) is 70.3 Å². The molecule has 1 aliphatic heterocycles. The van der Waals surface area contributed by atoms with E-state index in [-0.39, 0.29) is 0 Å². The second kappa shape index (κ2) is 6.99. The molecule has 0 saturated carbocycles. The predicted molar refractivity (Wildman–Crippen MR) is 112 cm³/mol. The molecule has 2 aromatic carbocycles. The van der Waals surface area contributed by atoms with Crippen LogP contribution in [0.1, 0.15) is 46.2 Å². The number of aromatic nitrogens is 2. The Morgan fingerprint density at radius 1 is 1.00 bits per heavy atom. The molecule has 0 unspecified atom stereocenters. The molecule has 0 N–H and O–H groups in total. The molecular formula is C22H23BF2N2O3. The summed E-state index contributed by atoms with van der Waals surface area (Å²) in [6.45, 7) is 9.68. The maximum Gasteiger partial charge on any atom is 0.494 e. The van der Waals surface area contributed by atoms with Gasteiger partial charge in [0, 0.05) is 11.6 Å². The molecule has 156 valence electrons. The lowest BCUT2D eigenvalue weighted by atomic mass is 9.78. The lowest BCUT2D eigenvalue weighted by molar-refractivity contribution is 0.00578. The Morgan fingerprint density at radius 2 is 1.67 bits per heavy atom. The number of halogens is 2. The van der Waals surface area contributed by atoms with E-state index in [1.54, 1.807) is 13.0 Å². The number of rotatable bonds is 3. The first-order chi connectivity index (χ1) is 14.0. The largest absolute Gasteiger partial charge is 0.494 e. The number of nitrogens with zero attached hydrogens (tertiary/aromatic N) is 2. The van der Waals surface area contributed by atoms with Crippen molar-refractivity contribution >= 4 is 23.5 Å². The highest BCUT2D eigenvalue weighted by atomic mass is 19.2. The fourth-order valence-electron chi connectivity index (χ4n) is 3.61. The van der Waals surface area contributed by atoms with Crippen molar-refractivity contribution in [1.29, 1.82) is 0 Å². The third-order valence-electron chi connectivity index (χ3n) is 6.17. The second-order valence-electron chi connectivity index (χ2n) is 8.67. The Bertz CT molecular complexity index is 1180. The molecule has 0 aliphatic carbocycles. The summed E-state index contributed by atoms with van der Waals surface area (Å²) in [4.78, 5) is 16.5. The van der Waals surface area contributed by atoms with Gasteiger partial charge in [-0.05, 0) is 63.8 Å². The van der Waals surface area contributed by atoms with E-state index >= 15 is 0 Å². The van der Waals surface area contributed by atoms with Crippen molar-refractivity contribution in [3.63, 3.8) is 0 Å². The zero-order valence-electron chi connectivity index (χ0n) is 17.6. The van der Waals surface area contributed by atoms with Crippen LogP contribution in [0.5, 0.6) is 0 Å². The van der Waals surface area contributed by atoms with Gasteiger partial charge >= 0.3 is 12.8 Å². The van der Waals surface area contributed by atoms with Crippen molar-refractivity contribution in [1.82, 2.24) is 9.55 Å². The van der Waals surface area contributed by atoms with Crippen LogP contribution in [-0.2, 0) is 9.31 Å². The van der Waals surface area contributed by atoms with Gasteiger partial charge in [-0.25, -0.2) is 18.6 Å². The highest BCUT2D eigenvalue weighted by Crippen LogP contribution is 2.36. The normalized spacial score (nSPS) is 18.7. The van der Waals surface area contributed by atoms with E-state index in [1.165, 1.54) is 16.8 Å². The standard InChI is InChI=1S/C22H23BF2N2O3/c1-13(14-6-8-17(24)18(25)11-14)27-19-9-7-16(10-15(19)12-26-20(27)28)23-29-21(2,3)22(4,5)30-23/h6-13H,1-5H3/t13-/m1/s1. The zero-order chi connectivity index (χ0) is 21.8. The number of fused-ring (bicyclic) bond motifs is 1. The van der Waals surface area contributed by atoms with Crippen LogP contribution in [0.2, 0.25) is 0 Å². The first-order valence-corrected chi connectivity index (χ1v) is 9.82. The summed E-state index contributed by atoms with van der Waals surface area (Å²) in [5.41, 5.74) is 0.514. The highest BCUT2D eigenvalue weighted by Gasteiger charge is 2.51. The molecule has 1 saturated heterocycles. The average Bonchev–Trinajstić information content (AvgIpc) is 2.90. The van der Waals surface area contributed by atoms with E-state index in [9.17, 15) is 13.6 Å².